The summed E-state index contributed by atoms with van der Waals surface area (Å²) in [5.41, 5.74) is 1.72. The molecule has 0 saturated carbocycles. The van der Waals surface area contributed by atoms with Crippen molar-refractivity contribution >= 4 is 5.65 Å². The fourth-order valence-electron chi connectivity index (χ4n) is 1.79. The second-order valence-corrected chi connectivity index (χ2v) is 4.06. The zero-order chi connectivity index (χ0) is 12.5. The molecule has 0 spiro atoms. The van der Waals surface area contributed by atoms with E-state index in [2.05, 4.69) is 10.1 Å². The molecule has 0 radical (unpaired) electrons. The molecular formula is C13H11N3O2. The van der Waals surface area contributed by atoms with Gasteiger partial charge in [0.1, 0.15) is 11.5 Å². The number of aromatic hydroxyl groups is 2. The van der Waals surface area contributed by atoms with Gasteiger partial charge < -0.3 is 10.2 Å². The SMILES string of the molecule is Oc1ccc(Cc2nc3ccc(O)cn3n2)cc1. The number of rotatable bonds is 2. The van der Waals surface area contributed by atoms with Crippen LogP contribution in [0.3, 0.4) is 0 Å². The van der Waals surface area contributed by atoms with Gasteiger partial charge in [-0.3, -0.25) is 0 Å². The van der Waals surface area contributed by atoms with Crippen LogP contribution in [0.25, 0.3) is 5.65 Å². The lowest BCUT2D eigenvalue weighted by Crippen LogP contribution is -1.91. The third-order valence-corrected chi connectivity index (χ3v) is 2.66. The minimum Gasteiger partial charge on any atom is -0.508 e. The molecule has 0 bridgehead atoms. The molecule has 0 aliphatic rings. The first kappa shape index (κ1) is 10.6. The van der Waals surface area contributed by atoms with E-state index >= 15 is 0 Å². The summed E-state index contributed by atoms with van der Waals surface area (Å²) in [5, 5.41) is 22.8. The van der Waals surface area contributed by atoms with E-state index in [-0.39, 0.29) is 11.5 Å². The van der Waals surface area contributed by atoms with Crippen LogP contribution < -0.4 is 0 Å². The topological polar surface area (TPSA) is 70.7 Å². The second-order valence-electron chi connectivity index (χ2n) is 4.06. The molecular weight excluding hydrogens is 230 g/mol. The van der Waals surface area contributed by atoms with Crippen LogP contribution in [-0.2, 0) is 6.42 Å². The molecule has 2 N–H and O–H groups in total. The van der Waals surface area contributed by atoms with Gasteiger partial charge in [0.05, 0.1) is 6.20 Å². The third kappa shape index (κ3) is 1.98. The summed E-state index contributed by atoms with van der Waals surface area (Å²) in [6, 6.07) is 10.2. The molecule has 0 unspecified atom stereocenters. The normalized spacial score (nSPS) is 10.9. The maximum Gasteiger partial charge on any atom is 0.156 e. The van der Waals surface area contributed by atoms with Crippen molar-refractivity contribution in [2.45, 2.75) is 6.42 Å². The lowest BCUT2D eigenvalue weighted by Gasteiger charge is -1.96. The van der Waals surface area contributed by atoms with Gasteiger partial charge in [0.25, 0.3) is 0 Å². The van der Waals surface area contributed by atoms with Crippen LogP contribution >= 0.6 is 0 Å². The van der Waals surface area contributed by atoms with E-state index < -0.39 is 0 Å². The zero-order valence-corrected chi connectivity index (χ0v) is 9.48. The van der Waals surface area contributed by atoms with Gasteiger partial charge in [-0.25, -0.2) is 9.50 Å². The number of phenols is 1. The molecule has 1 aromatic carbocycles. The summed E-state index contributed by atoms with van der Waals surface area (Å²) < 4.78 is 1.55. The van der Waals surface area contributed by atoms with Crippen LogP contribution in [0.4, 0.5) is 0 Å². The lowest BCUT2D eigenvalue weighted by molar-refractivity contribution is 0.470. The molecule has 18 heavy (non-hydrogen) atoms. The number of fused-ring (bicyclic) bond motifs is 1. The van der Waals surface area contributed by atoms with Crippen LogP contribution in [0, 0.1) is 0 Å². The summed E-state index contributed by atoms with van der Waals surface area (Å²) in [6.07, 6.45) is 2.10. The quantitative estimate of drug-likeness (QED) is 0.716. The van der Waals surface area contributed by atoms with Crippen LogP contribution in [0.2, 0.25) is 0 Å². The van der Waals surface area contributed by atoms with Crippen molar-refractivity contribution in [1.29, 1.82) is 0 Å². The smallest absolute Gasteiger partial charge is 0.156 e. The maximum atomic E-state index is 9.34. The van der Waals surface area contributed by atoms with E-state index in [4.69, 9.17) is 0 Å². The first-order chi connectivity index (χ1) is 8.70. The van der Waals surface area contributed by atoms with E-state index in [0.29, 0.717) is 17.9 Å². The number of nitrogens with zero attached hydrogens (tertiary/aromatic N) is 3. The van der Waals surface area contributed by atoms with Gasteiger partial charge >= 0.3 is 0 Å². The highest BCUT2D eigenvalue weighted by Crippen LogP contribution is 2.14. The van der Waals surface area contributed by atoms with Crippen molar-refractivity contribution in [1.82, 2.24) is 14.6 Å². The molecule has 90 valence electrons. The molecule has 3 aromatic rings. The molecule has 2 aromatic heterocycles. The minimum absolute atomic E-state index is 0.156. The van der Waals surface area contributed by atoms with Gasteiger partial charge in [-0.05, 0) is 29.8 Å². The van der Waals surface area contributed by atoms with Crippen molar-refractivity contribution < 1.29 is 10.2 Å². The Morgan fingerprint density at radius 1 is 0.944 bits per heavy atom. The predicted octanol–water partition coefficient (Wildman–Crippen LogP) is 1.73. The number of pyridine rings is 1. The fraction of sp³-hybridized carbons (Fsp3) is 0.0769. The average Bonchev–Trinajstić information content (AvgIpc) is 2.73. The highest BCUT2D eigenvalue weighted by atomic mass is 16.3. The summed E-state index contributed by atoms with van der Waals surface area (Å²) in [7, 11) is 0. The Morgan fingerprint density at radius 2 is 1.67 bits per heavy atom. The summed E-state index contributed by atoms with van der Waals surface area (Å²) in [6.45, 7) is 0. The maximum absolute atomic E-state index is 9.34. The van der Waals surface area contributed by atoms with E-state index in [1.807, 2.05) is 12.1 Å². The fourth-order valence-corrected chi connectivity index (χ4v) is 1.79. The molecule has 3 rings (SSSR count). The average molecular weight is 241 g/mol. The highest BCUT2D eigenvalue weighted by Gasteiger charge is 2.05. The summed E-state index contributed by atoms with van der Waals surface area (Å²) in [4.78, 5) is 4.35. The van der Waals surface area contributed by atoms with Gasteiger partial charge in [-0.2, -0.15) is 5.10 Å². The Labute approximate surface area is 103 Å². The van der Waals surface area contributed by atoms with E-state index in [1.54, 1.807) is 28.8 Å². The Balaban J connectivity index is 1.92. The lowest BCUT2D eigenvalue weighted by atomic mass is 10.1. The predicted molar refractivity (Wildman–Crippen MR) is 65.6 cm³/mol. The first-order valence-electron chi connectivity index (χ1n) is 5.53. The molecule has 5 heteroatoms. The van der Waals surface area contributed by atoms with Crippen molar-refractivity contribution in [3.63, 3.8) is 0 Å². The Bertz CT molecular complexity index is 689. The summed E-state index contributed by atoms with van der Waals surface area (Å²) >= 11 is 0. The van der Waals surface area contributed by atoms with Gasteiger partial charge in [0.2, 0.25) is 0 Å². The van der Waals surface area contributed by atoms with E-state index in [0.717, 1.165) is 5.56 Å². The number of hydrogen-bond donors (Lipinski definition) is 2. The first-order valence-corrected chi connectivity index (χ1v) is 5.53. The number of phenolic OH excluding ortho intramolecular Hbond substituents is 1. The molecule has 0 aliphatic carbocycles. The van der Waals surface area contributed by atoms with Gasteiger partial charge in [-0.1, -0.05) is 12.1 Å². The van der Waals surface area contributed by atoms with Crippen LogP contribution in [0.5, 0.6) is 11.5 Å². The van der Waals surface area contributed by atoms with Gasteiger partial charge in [0, 0.05) is 6.42 Å². The Morgan fingerprint density at radius 3 is 2.44 bits per heavy atom. The Hall–Kier alpha value is -2.56. The van der Waals surface area contributed by atoms with Crippen LogP contribution in [0.1, 0.15) is 11.4 Å². The van der Waals surface area contributed by atoms with Crippen molar-refractivity contribution in [2.75, 3.05) is 0 Å². The number of benzene rings is 1. The second kappa shape index (κ2) is 4.03. The molecule has 0 aliphatic heterocycles. The zero-order valence-electron chi connectivity index (χ0n) is 9.48. The molecule has 5 nitrogen and oxygen atoms in total. The largest absolute Gasteiger partial charge is 0.508 e. The van der Waals surface area contributed by atoms with Crippen LogP contribution in [0.15, 0.2) is 42.6 Å². The Kier molecular flexibility index (Phi) is 2.37. The summed E-state index contributed by atoms with van der Waals surface area (Å²) in [5.74, 6) is 1.07. The van der Waals surface area contributed by atoms with E-state index in [9.17, 15) is 10.2 Å². The molecule has 0 amide bonds. The minimum atomic E-state index is 0.156. The molecule has 0 saturated heterocycles. The number of aromatic nitrogens is 3. The number of hydrogen-bond acceptors (Lipinski definition) is 4. The van der Waals surface area contributed by atoms with Gasteiger partial charge in [-0.15, -0.1) is 0 Å². The molecule has 0 atom stereocenters. The third-order valence-electron chi connectivity index (χ3n) is 2.66. The monoisotopic (exact) mass is 241 g/mol. The highest BCUT2D eigenvalue weighted by molar-refractivity contribution is 5.40. The van der Waals surface area contributed by atoms with Crippen molar-refractivity contribution in [3.05, 3.63) is 54.0 Å². The van der Waals surface area contributed by atoms with Crippen molar-refractivity contribution in [3.8, 4) is 11.5 Å². The van der Waals surface area contributed by atoms with Gasteiger partial charge in [0.15, 0.2) is 11.5 Å². The van der Waals surface area contributed by atoms with Crippen molar-refractivity contribution in [2.24, 2.45) is 0 Å². The van der Waals surface area contributed by atoms with Crippen LogP contribution in [-0.4, -0.2) is 24.8 Å². The van der Waals surface area contributed by atoms with E-state index in [1.165, 1.54) is 6.20 Å². The molecule has 0 fully saturated rings. The standard InChI is InChI=1S/C13H11N3O2/c17-10-3-1-9(2-4-10)7-12-14-13-6-5-11(18)8-16(13)15-12/h1-6,8,17-18H,7H2. The molecule has 2 heterocycles.